The van der Waals surface area contributed by atoms with Gasteiger partial charge in [0, 0.05) is 29.9 Å². The van der Waals surface area contributed by atoms with Gasteiger partial charge in [0.15, 0.2) is 11.6 Å². The molecule has 0 amide bonds. The van der Waals surface area contributed by atoms with Crippen molar-refractivity contribution in [2.24, 2.45) is 5.92 Å². The quantitative estimate of drug-likeness (QED) is 0.154. The van der Waals surface area contributed by atoms with Crippen molar-refractivity contribution in [3.63, 3.8) is 0 Å². The molecule has 0 aliphatic rings. The zero-order valence-corrected chi connectivity index (χ0v) is 22.2. The third-order valence-corrected chi connectivity index (χ3v) is 7.04. The van der Waals surface area contributed by atoms with E-state index in [9.17, 15) is 4.79 Å². The number of ketones is 1. The van der Waals surface area contributed by atoms with Gasteiger partial charge in [-0.15, -0.1) is 0 Å². The number of aryl methyl sites for hydroxylation is 1. The number of hydrogen-bond donors (Lipinski definition) is 0. The Morgan fingerprint density at radius 3 is 1.94 bits per heavy atom. The SMILES string of the molecule is CCCCCCCCCCCCc1cnc(-c2ccc(C(=O)CCCCC(C)CC)cc2)nc1. The van der Waals surface area contributed by atoms with Crippen LogP contribution in [0.4, 0.5) is 0 Å². The molecule has 0 aliphatic heterocycles. The lowest BCUT2D eigenvalue weighted by Gasteiger charge is -2.07. The Morgan fingerprint density at radius 1 is 0.765 bits per heavy atom. The van der Waals surface area contributed by atoms with Crippen molar-refractivity contribution in [2.45, 2.75) is 124 Å². The Balaban J connectivity index is 1.65. The summed E-state index contributed by atoms with van der Waals surface area (Å²) in [5.74, 6) is 1.73. The Bertz CT molecular complexity index is 782. The molecule has 0 fully saturated rings. The molecule has 0 saturated heterocycles. The smallest absolute Gasteiger partial charge is 0.162 e. The zero-order chi connectivity index (χ0) is 24.4. The summed E-state index contributed by atoms with van der Waals surface area (Å²) in [4.78, 5) is 21.6. The highest BCUT2D eigenvalue weighted by molar-refractivity contribution is 5.96. The fourth-order valence-electron chi connectivity index (χ4n) is 4.38. The Morgan fingerprint density at radius 2 is 1.35 bits per heavy atom. The van der Waals surface area contributed by atoms with Crippen LogP contribution in [0.3, 0.4) is 0 Å². The van der Waals surface area contributed by atoms with Crippen LogP contribution < -0.4 is 0 Å². The third-order valence-electron chi connectivity index (χ3n) is 7.04. The molecule has 0 bridgehead atoms. The minimum Gasteiger partial charge on any atom is -0.294 e. The zero-order valence-electron chi connectivity index (χ0n) is 22.2. The summed E-state index contributed by atoms with van der Waals surface area (Å²) < 4.78 is 0. The molecule has 1 atom stereocenters. The van der Waals surface area contributed by atoms with E-state index >= 15 is 0 Å². The van der Waals surface area contributed by atoms with Crippen molar-refractivity contribution in [1.82, 2.24) is 9.97 Å². The standard InChI is InChI=1S/C31H48N2O/c1-4-6-7-8-9-10-11-12-13-14-18-27-24-32-31(33-25-27)29-22-20-28(21-23-29)30(34)19-16-15-17-26(3)5-2/h20-26H,4-19H2,1-3H3. The average Bonchev–Trinajstić information content (AvgIpc) is 2.88. The number of benzene rings is 1. The molecule has 0 N–H and O–H groups in total. The van der Waals surface area contributed by atoms with Crippen molar-refractivity contribution in [3.05, 3.63) is 47.8 Å². The number of rotatable bonds is 19. The summed E-state index contributed by atoms with van der Waals surface area (Å²) >= 11 is 0. The van der Waals surface area contributed by atoms with Gasteiger partial charge in [-0.25, -0.2) is 9.97 Å². The molecule has 3 heteroatoms. The van der Waals surface area contributed by atoms with Crippen LogP contribution in [0.5, 0.6) is 0 Å². The van der Waals surface area contributed by atoms with Crippen LogP contribution in [0.1, 0.15) is 133 Å². The highest BCUT2D eigenvalue weighted by atomic mass is 16.1. The maximum Gasteiger partial charge on any atom is 0.162 e. The van der Waals surface area contributed by atoms with Crippen LogP contribution in [-0.4, -0.2) is 15.8 Å². The Labute approximate surface area is 209 Å². The molecule has 0 saturated carbocycles. The molecule has 1 unspecified atom stereocenters. The van der Waals surface area contributed by atoms with Crippen molar-refractivity contribution in [2.75, 3.05) is 0 Å². The molecule has 188 valence electrons. The molecule has 3 nitrogen and oxygen atoms in total. The van der Waals surface area contributed by atoms with E-state index in [0.29, 0.717) is 6.42 Å². The molecule has 1 aromatic carbocycles. The summed E-state index contributed by atoms with van der Waals surface area (Å²) in [6.07, 6.45) is 23.8. The Kier molecular flexibility index (Phi) is 14.4. The molecule has 0 radical (unpaired) electrons. The topological polar surface area (TPSA) is 42.9 Å². The van der Waals surface area contributed by atoms with Crippen LogP contribution in [0.25, 0.3) is 11.4 Å². The predicted octanol–water partition coefficient (Wildman–Crippen LogP) is 9.40. The number of aromatic nitrogens is 2. The lowest BCUT2D eigenvalue weighted by molar-refractivity contribution is 0.0978. The molecule has 1 heterocycles. The lowest BCUT2D eigenvalue weighted by atomic mass is 9.98. The van der Waals surface area contributed by atoms with E-state index < -0.39 is 0 Å². The highest BCUT2D eigenvalue weighted by Gasteiger charge is 2.08. The second-order valence-corrected chi connectivity index (χ2v) is 10.1. The summed E-state index contributed by atoms with van der Waals surface area (Å²) in [5, 5.41) is 0. The largest absolute Gasteiger partial charge is 0.294 e. The van der Waals surface area contributed by atoms with Crippen molar-refractivity contribution in [3.8, 4) is 11.4 Å². The van der Waals surface area contributed by atoms with E-state index in [-0.39, 0.29) is 5.78 Å². The van der Waals surface area contributed by atoms with E-state index in [0.717, 1.165) is 42.1 Å². The summed E-state index contributed by atoms with van der Waals surface area (Å²) in [5.41, 5.74) is 2.98. The summed E-state index contributed by atoms with van der Waals surface area (Å²) in [6.45, 7) is 6.79. The monoisotopic (exact) mass is 464 g/mol. The number of unbranched alkanes of at least 4 members (excludes halogenated alkanes) is 10. The first-order chi connectivity index (χ1) is 16.6. The molecule has 1 aromatic heterocycles. The van der Waals surface area contributed by atoms with Crippen molar-refractivity contribution >= 4 is 5.78 Å². The molecule has 0 spiro atoms. The summed E-state index contributed by atoms with van der Waals surface area (Å²) in [6, 6.07) is 7.80. The van der Waals surface area contributed by atoms with Gasteiger partial charge < -0.3 is 0 Å². The average molecular weight is 465 g/mol. The van der Waals surface area contributed by atoms with Gasteiger partial charge in [0.1, 0.15) is 0 Å². The van der Waals surface area contributed by atoms with E-state index in [4.69, 9.17) is 0 Å². The molecule has 2 rings (SSSR count). The van der Waals surface area contributed by atoms with Crippen LogP contribution in [0, 0.1) is 5.92 Å². The van der Waals surface area contributed by atoms with Gasteiger partial charge in [-0.2, -0.15) is 0 Å². The van der Waals surface area contributed by atoms with Gasteiger partial charge in [0.2, 0.25) is 0 Å². The molecule has 2 aromatic rings. The lowest BCUT2D eigenvalue weighted by Crippen LogP contribution is -2.00. The molecular formula is C31H48N2O. The van der Waals surface area contributed by atoms with Gasteiger partial charge in [0.25, 0.3) is 0 Å². The normalized spacial score (nSPS) is 12.1. The minimum atomic E-state index is 0.239. The molecule has 0 aliphatic carbocycles. The maximum atomic E-state index is 12.5. The van der Waals surface area contributed by atoms with Crippen LogP contribution in [-0.2, 0) is 6.42 Å². The number of carbonyl (C=O) groups excluding carboxylic acids is 1. The first-order valence-electron chi connectivity index (χ1n) is 14.1. The van der Waals surface area contributed by atoms with Gasteiger partial charge in [-0.1, -0.05) is 122 Å². The second kappa shape index (κ2) is 17.4. The van der Waals surface area contributed by atoms with Gasteiger partial charge in [-0.05, 0) is 30.7 Å². The fourth-order valence-corrected chi connectivity index (χ4v) is 4.38. The second-order valence-electron chi connectivity index (χ2n) is 10.1. The first kappa shape index (κ1) is 28.2. The fraction of sp³-hybridized carbons (Fsp3) is 0.645. The van der Waals surface area contributed by atoms with E-state index in [1.807, 2.05) is 36.7 Å². The van der Waals surface area contributed by atoms with Crippen molar-refractivity contribution < 1.29 is 4.79 Å². The van der Waals surface area contributed by atoms with Crippen LogP contribution >= 0.6 is 0 Å². The van der Waals surface area contributed by atoms with Gasteiger partial charge in [0.05, 0.1) is 0 Å². The van der Waals surface area contributed by atoms with Crippen LogP contribution in [0.15, 0.2) is 36.7 Å². The highest BCUT2D eigenvalue weighted by Crippen LogP contribution is 2.19. The maximum absolute atomic E-state index is 12.5. The van der Waals surface area contributed by atoms with Crippen LogP contribution in [0.2, 0.25) is 0 Å². The predicted molar refractivity (Wildman–Crippen MR) is 145 cm³/mol. The number of Topliss-reactive ketones (excluding diaryl/α,β-unsaturated/α-hetero) is 1. The number of nitrogens with zero attached hydrogens (tertiary/aromatic N) is 2. The van der Waals surface area contributed by atoms with Gasteiger partial charge in [-0.3, -0.25) is 4.79 Å². The first-order valence-corrected chi connectivity index (χ1v) is 14.1. The summed E-state index contributed by atoms with van der Waals surface area (Å²) in [7, 11) is 0. The van der Waals surface area contributed by atoms with E-state index in [1.54, 1.807) is 0 Å². The third kappa shape index (κ3) is 11.4. The number of carbonyl (C=O) groups is 1. The molecule has 34 heavy (non-hydrogen) atoms. The van der Waals surface area contributed by atoms with E-state index in [2.05, 4.69) is 30.7 Å². The minimum absolute atomic E-state index is 0.239. The van der Waals surface area contributed by atoms with Crippen molar-refractivity contribution in [1.29, 1.82) is 0 Å². The van der Waals surface area contributed by atoms with Gasteiger partial charge >= 0.3 is 0 Å². The Hall–Kier alpha value is -2.03. The van der Waals surface area contributed by atoms with E-state index in [1.165, 1.54) is 82.6 Å². The number of hydrogen-bond acceptors (Lipinski definition) is 3. The molecular weight excluding hydrogens is 416 g/mol.